The molecule has 0 atom stereocenters. The highest BCUT2D eigenvalue weighted by Crippen LogP contribution is 2.36. The van der Waals surface area contributed by atoms with Gasteiger partial charge >= 0.3 is 5.97 Å². The van der Waals surface area contributed by atoms with Crippen LogP contribution >= 0.6 is 0 Å². The average molecular weight is 384 g/mol. The van der Waals surface area contributed by atoms with Crippen molar-refractivity contribution in [3.05, 3.63) is 47.8 Å². The number of nitriles is 1. The molecule has 2 saturated carbocycles. The molecule has 0 radical (unpaired) electrons. The van der Waals surface area contributed by atoms with Crippen LogP contribution in [0.5, 0.6) is 0 Å². The zero-order valence-electron chi connectivity index (χ0n) is 16.5. The van der Waals surface area contributed by atoms with Crippen molar-refractivity contribution >= 4 is 5.97 Å². The van der Waals surface area contributed by atoms with E-state index in [0.29, 0.717) is 11.8 Å². The van der Waals surface area contributed by atoms with Crippen LogP contribution in [-0.4, -0.2) is 12.1 Å². The molecule has 2 aliphatic carbocycles. The molecule has 0 aromatic heterocycles. The molecular weight excluding hydrogens is 353 g/mol. The molecule has 0 N–H and O–H groups in total. The van der Waals surface area contributed by atoms with Crippen molar-refractivity contribution in [1.29, 1.82) is 5.26 Å². The summed E-state index contributed by atoms with van der Waals surface area (Å²) in [5, 5.41) is 8.51. The minimum atomic E-state index is -0.195. The van der Waals surface area contributed by atoms with Gasteiger partial charge in [-0.15, -0.1) is 0 Å². The van der Waals surface area contributed by atoms with Crippen LogP contribution in [0.3, 0.4) is 0 Å². The maximum atomic E-state index is 13.1. The molecule has 0 heterocycles. The van der Waals surface area contributed by atoms with E-state index < -0.39 is 0 Å². The van der Waals surface area contributed by atoms with Crippen LogP contribution in [0.4, 0.5) is 4.39 Å². The zero-order valence-corrected chi connectivity index (χ0v) is 16.5. The summed E-state index contributed by atoms with van der Waals surface area (Å²) >= 11 is 0. The van der Waals surface area contributed by atoms with Crippen molar-refractivity contribution in [2.45, 2.75) is 76.2 Å². The number of allylic oxidation sites excluding steroid dienone is 2. The van der Waals surface area contributed by atoms with Gasteiger partial charge in [0.25, 0.3) is 0 Å². The quantitative estimate of drug-likeness (QED) is 0.443. The lowest BCUT2D eigenvalue weighted by Gasteiger charge is -2.31. The van der Waals surface area contributed by atoms with Crippen molar-refractivity contribution in [2.24, 2.45) is 11.8 Å². The van der Waals surface area contributed by atoms with Gasteiger partial charge in [0, 0.05) is 6.08 Å². The summed E-state index contributed by atoms with van der Waals surface area (Å²) in [6.45, 7) is 0. The van der Waals surface area contributed by atoms with Crippen molar-refractivity contribution < 1.29 is 13.9 Å². The molecule has 0 amide bonds. The molecule has 3 nitrogen and oxygen atoms in total. The molecule has 0 saturated heterocycles. The van der Waals surface area contributed by atoms with Crippen LogP contribution in [-0.2, 0) is 9.53 Å². The van der Waals surface area contributed by atoms with E-state index in [1.807, 2.05) is 24.3 Å². The van der Waals surface area contributed by atoms with E-state index in [1.165, 1.54) is 17.7 Å². The molecule has 0 aliphatic heterocycles. The molecule has 1 aromatic carbocycles. The summed E-state index contributed by atoms with van der Waals surface area (Å²) < 4.78 is 18.9. The third kappa shape index (κ3) is 5.92. The summed E-state index contributed by atoms with van der Waals surface area (Å²) in [6.07, 6.45) is 13.4. The molecule has 4 heteroatoms. The fraction of sp³-hybridized carbons (Fsp3) is 0.583. The van der Waals surface area contributed by atoms with Gasteiger partial charge in [0.1, 0.15) is 11.9 Å². The number of benzene rings is 1. The number of hydrogen-bond acceptors (Lipinski definition) is 3. The van der Waals surface area contributed by atoms with Gasteiger partial charge in [-0.3, -0.25) is 4.79 Å². The van der Waals surface area contributed by atoms with Gasteiger partial charge in [-0.2, -0.15) is 5.26 Å². The van der Waals surface area contributed by atoms with Gasteiger partial charge in [0.05, 0.1) is 12.0 Å². The zero-order chi connectivity index (χ0) is 19.8. The number of carbonyl (C=O) groups excluding carboxylic acids is 1. The van der Waals surface area contributed by atoms with E-state index in [-0.39, 0.29) is 23.8 Å². The Labute approximate surface area is 167 Å². The van der Waals surface area contributed by atoms with Crippen molar-refractivity contribution in [2.75, 3.05) is 0 Å². The standard InChI is InChI=1S/C24H30FNO2/c25-22-13-9-19(10-14-22)20-11-15-23(16-12-20)28-24(27)21-7-5-18(6-8-21)4-2-1-3-17-26/h1,3,9-10,13-14,18,20-21,23H,2,4-8,11-12,15-16H2/t18-,20-,21-,23-. The monoisotopic (exact) mass is 383 g/mol. The number of nitrogens with zero attached hydrogens (tertiary/aromatic N) is 1. The van der Waals surface area contributed by atoms with Crippen LogP contribution in [0.2, 0.25) is 0 Å². The highest BCUT2D eigenvalue weighted by Gasteiger charge is 2.30. The van der Waals surface area contributed by atoms with E-state index in [4.69, 9.17) is 10.00 Å². The lowest BCUT2D eigenvalue weighted by Crippen LogP contribution is -2.29. The molecule has 0 bridgehead atoms. The van der Waals surface area contributed by atoms with Gasteiger partial charge in [-0.25, -0.2) is 4.39 Å². The van der Waals surface area contributed by atoms with Gasteiger partial charge in [-0.1, -0.05) is 18.2 Å². The molecule has 2 fully saturated rings. The second-order valence-corrected chi connectivity index (χ2v) is 8.29. The Morgan fingerprint density at radius 3 is 2.39 bits per heavy atom. The second kappa shape index (κ2) is 10.4. The SMILES string of the molecule is N#CC=CCC[C@H]1CC[C@H](C(=O)O[C@H]2CC[C@H](c3ccc(F)cc3)CC2)CC1. The lowest BCUT2D eigenvalue weighted by molar-refractivity contribution is -0.157. The van der Waals surface area contributed by atoms with Gasteiger partial charge in [0.15, 0.2) is 0 Å². The van der Waals surface area contributed by atoms with Crippen LogP contribution in [0.15, 0.2) is 36.4 Å². The van der Waals surface area contributed by atoms with E-state index in [2.05, 4.69) is 0 Å². The van der Waals surface area contributed by atoms with E-state index in [0.717, 1.165) is 64.2 Å². The first-order valence-electron chi connectivity index (χ1n) is 10.7. The van der Waals surface area contributed by atoms with Crippen LogP contribution in [0, 0.1) is 29.0 Å². The average Bonchev–Trinajstić information content (AvgIpc) is 2.73. The topological polar surface area (TPSA) is 50.1 Å². The van der Waals surface area contributed by atoms with Crippen molar-refractivity contribution in [3.63, 3.8) is 0 Å². The number of halogens is 1. The lowest BCUT2D eigenvalue weighted by atomic mass is 9.80. The first-order chi connectivity index (χ1) is 13.7. The minimum absolute atomic E-state index is 0.00643. The van der Waals surface area contributed by atoms with Crippen LogP contribution in [0.25, 0.3) is 0 Å². The van der Waals surface area contributed by atoms with Crippen molar-refractivity contribution in [3.8, 4) is 6.07 Å². The second-order valence-electron chi connectivity index (χ2n) is 8.29. The highest BCUT2D eigenvalue weighted by atomic mass is 19.1. The summed E-state index contributed by atoms with van der Waals surface area (Å²) in [5.74, 6) is 0.966. The number of rotatable bonds is 6. The number of hydrogen-bond donors (Lipinski definition) is 0. The number of carbonyl (C=O) groups is 1. The Kier molecular flexibility index (Phi) is 7.65. The van der Waals surface area contributed by atoms with Crippen LogP contribution < -0.4 is 0 Å². The van der Waals surface area contributed by atoms with E-state index >= 15 is 0 Å². The predicted molar refractivity (Wildman–Crippen MR) is 107 cm³/mol. The summed E-state index contributed by atoms with van der Waals surface area (Å²) in [6, 6.07) is 8.83. The molecule has 1 aromatic rings. The Morgan fingerprint density at radius 2 is 1.75 bits per heavy atom. The predicted octanol–water partition coefficient (Wildman–Crippen LogP) is 6.06. The summed E-state index contributed by atoms with van der Waals surface area (Å²) in [4.78, 5) is 12.6. The third-order valence-electron chi connectivity index (χ3n) is 6.41. The Bertz CT molecular complexity index is 690. The van der Waals surface area contributed by atoms with Gasteiger partial charge < -0.3 is 4.74 Å². The molecule has 150 valence electrons. The molecule has 0 unspecified atom stereocenters. The summed E-state index contributed by atoms with van der Waals surface area (Å²) in [7, 11) is 0. The van der Waals surface area contributed by atoms with Gasteiger partial charge in [0.2, 0.25) is 0 Å². The smallest absolute Gasteiger partial charge is 0.309 e. The Balaban J connectivity index is 1.36. The largest absolute Gasteiger partial charge is 0.462 e. The highest BCUT2D eigenvalue weighted by molar-refractivity contribution is 5.72. The van der Waals surface area contributed by atoms with Crippen LogP contribution in [0.1, 0.15) is 75.7 Å². The Morgan fingerprint density at radius 1 is 1.07 bits per heavy atom. The first-order valence-corrected chi connectivity index (χ1v) is 10.7. The fourth-order valence-corrected chi connectivity index (χ4v) is 4.66. The Hall–Kier alpha value is -2.15. The maximum absolute atomic E-state index is 13.1. The van der Waals surface area contributed by atoms with E-state index in [1.54, 1.807) is 6.08 Å². The molecule has 28 heavy (non-hydrogen) atoms. The molecule has 2 aliphatic rings. The fourth-order valence-electron chi connectivity index (χ4n) is 4.66. The third-order valence-corrected chi connectivity index (χ3v) is 6.41. The first kappa shape index (κ1) is 20.6. The minimum Gasteiger partial charge on any atom is -0.462 e. The number of esters is 1. The maximum Gasteiger partial charge on any atom is 0.309 e. The number of ether oxygens (including phenoxy) is 1. The molecule has 0 spiro atoms. The van der Waals surface area contributed by atoms with Crippen molar-refractivity contribution in [1.82, 2.24) is 0 Å². The molecule has 3 rings (SSSR count). The normalized spacial score (nSPS) is 28.0. The van der Waals surface area contributed by atoms with Gasteiger partial charge in [-0.05, 0) is 93.7 Å². The van der Waals surface area contributed by atoms with E-state index in [9.17, 15) is 9.18 Å². The molecular formula is C24H30FNO2. The summed E-state index contributed by atoms with van der Waals surface area (Å²) in [5.41, 5.74) is 1.19.